The van der Waals surface area contributed by atoms with Gasteiger partial charge in [-0.05, 0) is 37.6 Å². The fraction of sp³-hybridized carbons (Fsp3) is 0.667. The Balaban J connectivity index is 1.66. The van der Waals surface area contributed by atoms with E-state index in [1.807, 2.05) is 13.0 Å². The highest BCUT2D eigenvalue weighted by Crippen LogP contribution is 2.29. The molecule has 0 radical (unpaired) electrons. The minimum atomic E-state index is -0.482. The number of rotatable bonds is 4. The molecule has 2 fully saturated rings. The van der Waals surface area contributed by atoms with Gasteiger partial charge in [0.25, 0.3) is 0 Å². The van der Waals surface area contributed by atoms with Crippen LogP contribution in [0.4, 0.5) is 0 Å². The molecule has 7 heteroatoms. The Morgan fingerprint density at radius 1 is 1.16 bits per heavy atom. The van der Waals surface area contributed by atoms with E-state index in [2.05, 4.69) is 21.7 Å². The molecule has 138 valence electrons. The summed E-state index contributed by atoms with van der Waals surface area (Å²) < 4.78 is 5.46. The topological polar surface area (TPSA) is 61.9 Å². The number of thiophene rings is 1. The van der Waals surface area contributed by atoms with Gasteiger partial charge in [0.1, 0.15) is 0 Å². The Morgan fingerprint density at radius 3 is 2.52 bits per heavy atom. The summed E-state index contributed by atoms with van der Waals surface area (Å²) in [5, 5.41) is 5.01. The molecule has 1 aromatic heterocycles. The Labute approximate surface area is 153 Å². The maximum atomic E-state index is 12.5. The number of likely N-dealkylation sites (tertiary alicyclic amines) is 1. The van der Waals surface area contributed by atoms with Crippen molar-refractivity contribution in [2.45, 2.75) is 38.3 Å². The van der Waals surface area contributed by atoms with Crippen LogP contribution in [0.3, 0.4) is 0 Å². The molecule has 0 unspecified atom stereocenters. The van der Waals surface area contributed by atoms with Crippen LogP contribution in [0.15, 0.2) is 17.5 Å². The van der Waals surface area contributed by atoms with Crippen LogP contribution in [0.5, 0.6) is 0 Å². The van der Waals surface area contributed by atoms with Crippen LogP contribution in [-0.2, 0) is 14.3 Å². The summed E-state index contributed by atoms with van der Waals surface area (Å²) >= 11 is 1.69. The number of piperidine rings is 1. The highest BCUT2D eigenvalue weighted by molar-refractivity contribution is 7.10. The molecule has 0 aliphatic carbocycles. The van der Waals surface area contributed by atoms with Gasteiger partial charge >= 0.3 is 11.8 Å². The van der Waals surface area contributed by atoms with Crippen molar-refractivity contribution >= 4 is 23.2 Å². The first-order chi connectivity index (χ1) is 12.2. The number of ether oxygens (including phenoxy) is 1. The van der Waals surface area contributed by atoms with E-state index in [0.717, 1.165) is 32.4 Å². The van der Waals surface area contributed by atoms with Gasteiger partial charge < -0.3 is 15.0 Å². The monoisotopic (exact) mass is 365 g/mol. The quantitative estimate of drug-likeness (QED) is 0.824. The normalized spacial score (nSPS) is 21.6. The van der Waals surface area contributed by atoms with Gasteiger partial charge in [-0.25, -0.2) is 0 Å². The predicted molar refractivity (Wildman–Crippen MR) is 97.5 cm³/mol. The average Bonchev–Trinajstić information content (AvgIpc) is 3.17. The zero-order valence-corrected chi connectivity index (χ0v) is 15.6. The first-order valence-corrected chi connectivity index (χ1v) is 10.00. The van der Waals surface area contributed by atoms with Crippen LogP contribution < -0.4 is 5.32 Å². The standard InChI is InChI=1S/C18H27N3O3S/c1-14(19-17(22)18(23)21-7-3-2-4-8-21)16(15-6-5-13-25-15)20-9-11-24-12-10-20/h5-6,13-14,16H,2-4,7-12H2,1H3,(H,19,22)/t14-,16-/m0/s1. The number of hydrogen-bond donors (Lipinski definition) is 1. The Hall–Kier alpha value is -1.44. The summed E-state index contributed by atoms with van der Waals surface area (Å²) in [6.07, 6.45) is 3.11. The molecule has 0 bridgehead atoms. The third-order valence-electron chi connectivity index (χ3n) is 4.94. The predicted octanol–water partition coefficient (Wildman–Crippen LogP) is 1.64. The van der Waals surface area contributed by atoms with Gasteiger partial charge in [-0.15, -0.1) is 11.3 Å². The van der Waals surface area contributed by atoms with Gasteiger partial charge in [-0.2, -0.15) is 0 Å². The van der Waals surface area contributed by atoms with E-state index in [1.165, 1.54) is 4.88 Å². The van der Waals surface area contributed by atoms with E-state index in [-0.39, 0.29) is 12.1 Å². The zero-order valence-electron chi connectivity index (χ0n) is 14.8. The van der Waals surface area contributed by atoms with Gasteiger partial charge in [-0.1, -0.05) is 6.07 Å². The smallest absolute Gasteiger partial charge is 0.311 e. The molecule has 2 aliphatic rings. The largest absolute Gasteiger partial charge is 0.379 e. The highest BCUT2D eigenvalue weighted by atomic mass is 32.1. The van der Waals surface area contributed by atoms with Crippen molar-refractivity contribution in [2.24, 2.45) is 0 Å². The second-order valence-electron chi connectivity index (χ2n) is 6.72. The lowest BCUT2D eigenvalue weighted by molar-refractivity contribution is -0.147. The first kappa shape index (κ1) is 18.4. The Bertz CT molecular complexity index is 566. The van der Waals surface area contributed by atoms with Crippen molar-refractivity contribution in [2.75, 3.05) is 39.4 Å². The minimum absolute atomic E-state index is 0.0713. The molecule has 2 aliphatic heterocycles. The number of amides is 2. The third-order valence-corrected chi connectivity index (χ3v) is 5.89. The van der Waals surface area contributed by atoms with E-state index >= 15 is 0 Å². The van der Waals surface area contributed by atoms with Crippen molar-refractivity contribution in [1.29, 1.82) is 0 Å². The molecular weight excluding hydrogens is 338 g/mol. The van der Waals surface area contributed by atoms with Crippen molar-refractivity contribution in [3.63, 3.8) is 0 Å². The van der Waals surface area contributed by atoms with E-state index in [0.29, 0.717) is 26.3 Å². The van der Waals surface area contributed by atoms with Gasteiger partial charge in [0.05, 0.1) is 19.3 Å². The molecular formula is C18H27N3O3S. The van der Waals surface area contributed by atoms with E-state index < -0.39 is 11.8 Å². The van der Waals surface area contributed by atoms with Crippen LogP contribution >= 0.6 is 11.3 Å². The number of hydrogen-bond acceptors (Lipinski definition) is 5. The maximum Gasteiger partial charge on any atom is 0.311 e. The third kappa shape index (κ3) is 4.59. The van der Waals surface area contributed by atoms with E-state index in [4.69, 9.17) is 4.74 Å². The SMILES string of the molecule is C[C@H](NC(=O)C(=O)N1CCCCC1)[C@@H](c1cccs1)N1CCOCC1. The van der Waals surface area contributed by atoms with Gasteiger partial charge in [0, 0.05) is 37.1 Å². The Kier molecular flexibility index (Phi) is 6.45. The van der Waals surface area contributed by atoms with Gasteiger partial charge in [0.2, 0.25) is 0 Å². The summed E-state index contributed by atoms with van der Waals surface area (Å²) in [7, 11) is 0. The summed E-state index contributed by atoms with van der Waals surface area (Å²) in [6.45, 7) is 6.45. The summed E-state index contributed by atoms with van der Waals surface area (Å²) in [4.78, 5) is 30.1. The molecule has 25 heavy (non-hydrogen) atoms. The second kappa shape index (κ2) is 8.78. The molecule has 0 aromatic carbocycles. The minimum Gasteiger partial charge on any atom is -0.379 e. The Morgan fingerprint density at radius 2 is 1.88 bits per heavy atom. The summed E-state index contributed by atoms with van der Waals surface area (Å²) in [5.74, 6) is -0.873. The lowest BCUT2D eigenvalue weighted by Gasteiger charge is -2.37. The van der Waals surface area contributed by atoms with Gasteiger partial charge in [-0.3, -0.25) is 14.5 Å². The molecule has 0 saturated carbocycles. The van der Waals surface area contributed by atoms with Crippen LogP contribution in [0, 0.1) is 0 Å². The van der Waals surface area contributed by atoms with Crippen molar-refractivity contribution in [3.8, 4) is 0 Å². The number of nitrogens with one attached hydrogen (secondary N) is 1. The summed E-state index contributed by atoms with van der Waals surface area (Å²) in [5.41, 5.74) is 0. The van der Waals surface area contributed by atoms with E-state index in [9.17, 15) is 9.59 Å². The van der Waals surface area contributed by atoms with Crippen LogP contribution in [0.2, 0.25) is 0 Å². The summed E-state index contributed by atoms with van der Waals surface area (Å²) in [6, 6.07) is 4.06. The van der Waals surface area contributed by atoms with Crippen LogP contribution in [-0.4, -0.2) is 67.0 Å². The lowest BCUT2D eigenvalue weighted by atomic mass is 10.1. The molecule has 2 atom stereocenters. The maximum absolute atomic E-state index is 12.5. The molecule has 3 rings (SSSR count). The highest BCUT2D eigenvalue weighted by Gasteiger charge is 2.32. The van der Waals surface area contributed by atoms with Crippen LogP contribution in [0.1, 0.15) is 37.1 Å². The first-order valence-electron chi connectivity index (χ1n) is 9.12. The van der Waals surface area contributed by atoms with Crippen LogP contribution in [0.25, 0.3) is 0 Å². The molecule has 1 aromatic rings. The van der Waals surface area contributed by atoms with Crippen molar-refractivity contribution in [3.05, 3.63) is 22.4 Å². The molecule has 3 heterocycles. The van der Waals surface area contributed by atoms with Crippen molar-refractivity contribution in [1.82, 2.24) is 15.1 Å². The average molecular weight is 365 g/mol. The number of carbonyl (C=O) groups is 2. The zero-order chi connectivity index (χ0) is 17.6. The molecule has 2 saturated heterocycles. The molecule has 6 nitrogen and oxygen atoms in total. The number of morpholine rings is 1. The second-order valence-corrected chi connectivity index (χ2v) is 7.70. The lowest BCUT2D eigenvalue weighted by Crippen LogP contribution is -2.52. The number of carbonyl (C=O) groups excluding carboxylic acids is 2. The molecule has 0 spiro atoms. The fourth-order valence-corrected chi connectivity index (χ4v) is 4.61. The molecule has 2 amide bonds. The number of nitrogens with zero attached hydrogens (tertiary/aromatic N) is 2. The fourth-order valence-electron chi connectivity index (χ4n) is 3.65. The van der Waals surface area contributed by atoms with Crippen molar-refractivity contribution < 1.29 is 14.3 Å². The van der Waals surface area contributed by atoms with Gasteiger partial charge in [0.15, 0.2) is 0 Å². The van der Waals surface area contributed by atoms with E-state index in [1.54, 1.807) is 16.2 Å². The molecule has 1 N–H and O–H groups in total.